The number of nitrogens with zero attached hydrogens (tertiary/aromatic N) is 3. The van der Waals surface area contributed by atoms with Gasteiger partial charge in [0.2, 0.25) is 11.8 Å². The van der Waals surface area contributed by atoms with Gasteiger partial charge in [-0.2, -0.15) is 13.2 Å². The quantitative estimate of drug-likeness (QED) is 0.651. The molecule has 0 radical (unpaired) electrons. The van der Waals surface area contributed by atoms with Crippen LogP contribution in [0, 0.1) is 0 Å². The largest absolute Gasteiger partial charge is 0.418 e. The topological polar surface area (TPSA) is 80.9 Å². The molecule has 3 rings (SSSR count). The average molecular weight is 394 g/mol. The maximum atomic E-state index is 13.0. The summed E-state index contributed by atoms with van der Waals surface area (Å²) in [5.74, 6) is -0.376. The lowest BCUT2D eigenvalue weighted by molar-refractivity contribution is -0.137. The van der Waals surface area contributed by atoms with E-state index in [0.29, 0.717) is 5.56 Å². The Kier molecular flexibility index (Phi) is 5.45. The number of benzene rings is 1. The van der Waals surface area contributed by atoms with Crippen molar-refractivity contribution in [2.45, 2.75) is 23.6 Å². The summed E-state index contributed by atoms with van der Waals surface area (Å²) in [6, 6.07) is 8.23. The number of carbonyl (C=O) groups excluding carboxylic acids is 1. The molecule has 0 fully saturated rings. The molecule has 10 heteroatoms. The Labute approximate surface area is 156 Å². The number of pyridine rings is 1. The molecule has 3 aromatic rings. The summed E-state index contributed by atoms with van der Waals surface area (Å²) in [4.78, 5) is 16.2. The van der Waals surface area contributed by atoms with Crippen LogP contribution < -0.4 is 5.32 Å². The van der Waals surface area contributed by atoms with Crippen molar-refractivity contribution in [2.75, 3.05) is 5.32 Å². The summed E-state index contributed by atoms with van der Waals surface area (Å²) in [7, 11) is 0. The highest BCUT2D eigenvalue weighted by molar-refractivity contribution is 8.00. The van der Waals surface area contributed by atoms with Crippen LogP contribution in [0.4, 0.5) is 18.9 Å². The second kappa shape index (κ2) is 7.78. The normalized spacial score (nSPS) is 12.6. The first-order chi connectivity index (χ1) is 12.8. The van der Waals surface area contributed by atoms with Gasteiger partial charge in [-0.3, -0.25) is 9.78 Å². The molecule has 0 bridgehead atoms. The van der Waals surface area contributed by atoms with Gasteiger partial charge in [0.05, 0.1) is 22.1 Å². The number of hydrogen-bond acceptors (Lipinski definition) is 6. The summed E-state index contributed by atoms with van der Waals surface area (Å²) in [5.41, 5.74) is -0.593. The first-order valence-corrected chi connectivity index (χ1v) is 8.60. The summed E-state index contributed by atoms with van der Waals surface area (Å²) in [6.07, 6.45) is -1.42. The predicted octanol–water partition coefficient (Wildman–Crippen LogP) is 4.27. The third-order valence-corrected chi connectivity index (χ3v) is 4.39. The molecule has 0 aliphatic heterocycles. The number of rotatable bonds is 5. The first kappa shape index (κ1) is 18.9. The van der Waals surface area contributed by atoms with Crippen LogP contribution in [0.2, 0.25) is 0 Å². The van der Waals surface area contributed by atoms with Gasteiger partial charge in [0.1, 0.15) is 0 Å². The van der Waals surface area contributed by atoms with E-state index in [4.69, 9.17) is 4.42 Å². The minimum atomic E-state index is -4.56. The molecule has 2 heterocycles. The number of nitrogens with one attached hydrogen (secondary N) is 1. The smallest absolute Gasteiger partial charge is 0.411 e. The monoisotopic (exact) mass is 394 g/mol. The van der Waals surface area contributed by atoms with Gasteiger partial charge in [0.25, 0.3) is 5.22 Å². The number of anilines is 1. The van der Waals surface area contributed by atoms with Gasteiger partial charge in [-0.15, -0.1) is 10.2 Å². The fraction of sp³-hybridized carbons (Fsp3) is 0.176. The fourth-order valence-corrected chi connectivity index (χ4v) is 2.83. The Bertz CT molecular complexity index is 931. The Hall–Kier alpha value is -2.88. The summed E-state index contributed by atoms with van der Waals surface area (Å²) < 4.78 is 44.5. The number of carbonyl (C=O) groups is 1. The lowest BCUT2D eigenvalue weighted by Gasteiger charge is -2.15. The van der Waals surface area contributed by atoms with E-state index in [9.17, 15) is 18.0 Å². The van der Waals surface area contributed by atoms with Crippen LogP contribution in [0.15, 0.2) is 58.4 Å². The minimum absolute atomic E-state index is 0.126. The van der Waals surface area contributed by atoms with Crippen LogP contribution in [-0.4, -0.2) is 26.3 Å². The zero-order valence-corrected chi connectivity index (χ0v) is 14.7. The predicted molar refractivity (Wildman–Crippen MR) is 92.9 cm³/mol. The lowest BCUT2D eigenvalue weighted by atomic mass is 10.1. The highest BCUT2D eigenvalue weighted by Gasteiger charge is 2.34. The zero-order chi connectivity index (χ0) is 19.4. The molecule has 0 unspecified atom stereocenters. The molecule has 27 heavy (non-hydrogen) atoms. The molecule has 1 aromatic carbocycles. The number of hydrogen-bond donors (Lipinski definition) is 1. The molecule has 0 spiro atoms. The van der Waals surface area contributed by atoms with Gasteiger partial charge in [-0.05, 0) is 31.2 Å². The van der Waals surface area contributed by atoms with E-state index in [0.717, 1.165) is 17.8 Å². The second-order valence-electron chi connectivity index (χ2n) is 5.41. The average Bonchev–Trinajstić information content (AvgIpc) is 3.10. The standard InChI is InChI=1S/C17H13F3N4O2S/c1-10(14(25)22-13-7-3-2-6-12(13)17(18,19)20)27-16-24-23-15(26-16)11-5-4-8-21-9-11/h2-10H,1H3,(H,22,25)/t10-/m0/s1. The zero-order valence-electron chi connectivity index (χ0n) is 13.9. The molecule has 0 aliphatic rings. The van der Waals surface area contributed by atoms with E-state index in [1.807, 2.05) is 0 Å². The molecule has 2 aromatic heterocycles. The minimum Gasteiger partial charge on any atom is -0.411 e. The van der Waals surface area contributed by atoms with Crippen molar-refractivity contribution in [3.8, 4) is 11.5 Å². The number of thioether (sulfide) groups is 1. The third kappa shape index (κ3) is 4.64. The molecule has 6 nitrogen and oxygen atoms in total. The molecule has 1 N–H and O–H groups in total. The number of amides is 1. The lowest BCUT2D eigenvalue weighted by Crippen LogP contribution is -2.24. The number of halogens is 3. The van der Waals surface area contributed by atoms with Crippen molar-refractivity contribution in [3.63, 3.8) is 0 Å². The summed E-state index contributed by atoms with van der Waals surface area (Å²) in [5, 5.41) is 9.37. The Morgan fingerprint density at radius 3 is 2.67 bits per heavy atom. The van der Waals surface area contributed by atoms with Crippen LogP contribution in [0.1, 0.15) is 12.5 Å². The molecule has 0 saturated heterocycles. The van der Waals surface area contributed by atoms with Gasteiger partial charge in [0.15, 0.2) is 0 Å². The van der Waals surface area contributed by atoms with Gasteiger partial charge in [0, 0.05) is 12.4 Å². The van der Waals surface area contributed by atoms with E-state index < -0.39 is 22.9 Å². The van der Waals surface area contributed by atoms with E-state index in [2.05, 4.69) is 20.5 Å². The number of para-hydroxylation sites is 1. The molecule has 0 saturated carbocycles. The molecular formula is C17H13F3N4O2S. The van der Waals surface area contributed by atoms with Crippen molar-refractivity contribution in [2.24, 2.45) is 0 Å². The molecular weight excluding hydrogens is 381 g/mol. The first-order valence-electron chi connectivity index (χ1n) is 7.72. The number of alkyl halides is 3. The van der Waals surface area contributed by atoms with Crippen LogP contribution in [0.25, 0.3) is 11.5 Å². The fourth-order valence-electron chi connectivity index (χ4n) is 2.14. The van der Waals surface area contributed by atoms with Gasteiger partial charge in [-0.25, -0.2) is 0 Å². The van der Waals surface area contributed by atoms with Gasteiger partial charge in [-0.1, -0.05) is 23.9 Å². The third-order valence-electron chi connectivity index (χ3n) is 3.45. The van der Waals surface area contributed by atoms with Crippen LogP contribution in [0.5, 0.6) is 0 Å². The van der Waals surface area contributed by atoms with Crippen LogP contribution in [-0.2, 0) is 11.0 Å². The highest BCUT2D eigenvalue weighted by atomic mass is 32.2. The Morgan fingerprint density at radius 2 is 1.96 bits per heavy atom. The van der Waals surface area contributed by atoms with Crippen molar-refractivity contribution in [1.29, 1.82) is 0 Å². The van der Waals surface area contributed by atoms with Gasteiger partial charge < -0.3 is 9.73 Å². The van der Waals surface area contributed by atoms with Crippen LogP contribution in [0.3, 0.4) is 0 Å². The Balaban J connectivity index is 1.68. The van der Waals surface area contributed by atoms with E-state index >= 15 is 0 Å². The van der Waals surface area contributed by atoms with Crippen molar-refractivity contribution < 1.29 is 22.4 Å². The Morgan fingerprint density at radius 1 is 1.19 bits per heavy atom. The summed E-state index contributed by atoms with van der Waals surface area (Å²) in [6.45, 7) is 1.53. The van der Waals surface area contributed by atoms with Gasteiger partial charge >= 0.3 is 6.18 Å². The molecule has 1 amide bonds. The SMILES string of the molecule is C[C@H](Sc1nnc(-c2cccnc2)o1)C(=O)Nc1ccccc1C(F)(F)F. The van der Waals surface area contributed by atoms with E-state index in [1.54, 1.807) is 24.5 Å². The van der Waals surface area contributed by atoms with Crippen LogP contribution >= 0.6 is 11.8 Å². The maximum absolute atomic E-state index is 13.0. The van der Waals surface area contributed by atoms with Crippen molar-refractivity contribution in [3.05, 3.63) is 54.4 Å². The van der Waals surface area contributed by atoms with Crippen molar-refractivity contribution in [1.82, 2.24) is 15.2 Å². The van der Waals surface area contributed by atoms with E-state index in [1.165, 1.54) is 25.1 Å². The summed E-state index contributed by atoms with van der Waals surface area (Å²) >= 11 is 0.946. The second-order valence-corrected chi connectivity index (χ2v) is 6.70. The highest BCUT2D eigenvalue weighted by Crippen LogP contribution is 2.35. The molecule has 140 valence electrons. The molecule has 1 atom stereocenters. The van der Waals surface area contributed by atoms with E-state index in [-0.39, 0.29) is 16.8 Å². The van der Waals surface area contributed by atoms with Crippen molar-refractivity contribution >= 4 is 23.4 Å². The number of aromatic nitrogens is 3. The molecule has 0 aliphatic carbocycles. The maximum Gasteiger partial charge on any atom is 0.418 e.